The third-order valence-corrected chi connectivity index (χ3v) is 8.88. The summed E-state index contributed by atoms with van der Waals surface area (Å²) >= 11 is 6.04. The van der Waals surface area contributed by atoms with Gasteiger partial charge in [0.2, 0.25) is 11.8 Å². The molecule has 2 aromatic carbocycles. The van der Waals surface area contributed by atoms with Crippen molar-refractivity contribution in [2.24, 2.45) is 0 Å². The van der Waals surface area contributed by atoms with Gasteiger partial charge in [0.05, 0.1) is 0 Å². The number of piperidine rings is 2. The van der Waals surface area contributed by atoms with Gasteiger partial charge in [0.25, 0.3) is 11.4 Å². The molecular formula is C31H35ClN4O3. The molecule has 3 amide bonds. The van der Waals surface area contributed by atoms with Gasteiger partial charge in [0.15, 0.2) is 0 Å². The van der Waals surface area contributed by atoms with Crippen molar-refractivity contribution in [2.45, 2.75) is 75.9 Å². The minimum absolute atomic E-state index is 0.110. The minimum atomic E-state index is -0.573. The SMILES string of the molecule is [C-]#[N+]C1(c2ccc(Cl)cc2)CCN(CCCCCCc2cccc3c2CN(C2CCC(=O)NC2=O)C3=O)CC1. The third kappa shape index (κ3) is 5.88. The lowest BCUT2D eigenvalue weighted by atomic mass is 9.81. The van der Waals surface area contributed by atoms with Crippen LogP contribution in [0.3, 0.4) is 0 Å². The number of amides is 3. The van der Waals surface area contributed by atoms with Crippen LogP contribution in [0.2, 0.25) is 5.02 Å². The molecule has 0 aromatic heterocycles. The number of benzene rings is 2. The van der Waals surface area contributed by atoms with E-state index in [1.165, 1.54) is 5.56 Å². The second kappa shape index (κ2) is 11.9. The molecule has 204 valence electrons. The number of hydrogen-bond donors (Lipinski definition) is 1. The molecule has 1 atom stereocenters. The van der Waals surface area contributed by atoms with Crippen LogP contribution in [0, 0.1) is 6.57 Å². The van der Waals surface area contributed by atoms with Gasteiger partial charge in [-0.05, 0) is 73.7 Å². The zero-order chi connectivity index (χ0) is 27.4. The molecule has 0 bridgehead atoms. The van der Waals surface area contributed by atoms with Crippen LogP contribution in [0.1, 0.15) is 78.4 Å². The predicted molar refractivity (Wildman–Crippen MR) is 150 cm³/mol. The Labute approximate surface area is 235 Å². The fourth-order valence-electron chi connectivity index (χ4n) is 6.26. The van der Waals surface area contributed by atoms with Crippen LogP contribution in [0.4, 0.5) is 0 Å². The molecule has 2 fully saturated rings. The van der Waals surface area contributed by atoms with E-state index in [2.05, 4.69) is 21.1 Å². The second-order valence-corrected chi connectivity index (χ2v) is 11.4. The topological polar surface area (TPSA) is 74.1 Å². The Balaban J connectivity index is 1.05. The molecule has 5 rings (SSSR count). The van der Waals surface area contributed by atoms with E-state index in [-0.39, 0.29) is 24.1 Å². The highest BCUT2D eigenvalue weighted by molar-refractivity contribution is 6.30. The maximum atomic E-state index is 13.0. The summed E-state index contributed by atoms with van der Waals surface area (Å²) in [7, 11) is 0. The molecule has 0 spiro atoms. The van der Waals surface area contributed by atoms with Crippen LogP contribution in [0.25, 0.3) is 4.85 Å². The van der Waals surface area contributed by atoms with Crippen LogP contribution < -0.4 is 5.32 Å². The molecule has 0 radical (unpaired) electrons. The van der Waals surface area contributed by atoms with Gasteiger partial charge < -0.3 is 14.6 Å². The normalized spacial score (nSPS) is 21.0. The molecule has 0 saturated carbocycles. The molecule has 7 nitrogen and oxygen atoms in total. The number of nitrogens with one attached hydrogen (secondary N) is 1. The lowest BCUT2D eigenvalue weighted by Gasteiger charge is -2.34. The van der Waals surface area contributed by atoms with Crippen LogP contribution in [0.5, 0.6) is 0 Å². The number of aryl methyl sites for hydroxylation is 1. The standard InChI is InChI=1S/C31H35ClN4O3/c1-33-31(23-10-12-24(32)13-11-23)16-19-35(20-17-31)18-5-3-2-4-7-22-8-6-9-25-26(22)21-36(30(25)39)27-14-15-28(37)34-29(27)38/h6,8-13,27H,2-5,7,14-21H2,(H,34,37,38). The van der Waals surface area contributed by atoms with E-state index in [1.54, 1.807) is 4.90 Å². The summed E-state index contributed by atoms with van der Waals surface area (Å²) in [5, 5.41) is 3.07. The average Bonchev–Trinajstić information content (AvgIpc) is 3.28. The molecule has 1 N–H and O–H groups in total. The van der Waals surface area contributed by atoms with Gasteiger partial charge in [0.1, 0.15) is 6.04 Å². The lowest BCUT2D eigenvalue weighted by molar-refractivity contribution is -0.136. The van der Waals surface area contributed by atoms with E-state index >= 15 is 0 Å². The summed E-state index contributed by atoms with van der Waals surface area (Å²) in [6, 6.07) is 13.1. The predicted octanol–water partition coefficient (Wildman–Crippen LogP) is 5.11. The first kappa shape index (κ1) is 27.4. The van der Waals surface area contributed by atoms with E-state index in [4.69, 9.17) is 18.2 Å². The van der Waals surface area contributed by atoms with Crippen LogP contribution in [-0.4, -0.2) is 53.2 Å². The average molecular weight is 547 g/mol. The summed E-state index contributed by atoms with van der Waals surface area (Å²) < 4.78 is 0. The number of unbranched alkanes of at least 4 members (excludes halogenated alkanes) is 3. The van der Waals surface area contributed by atoms with E-state index in [9.17, 15) is 14.4 Å². The fourth-order valence-corrected chi connectivity index (χ4v) is 6.39. The third-order valence-electron chi connectivity index (χ3n) is 8.63. The smallest absolute Gasteiger partial charge is 0.260 e. The Morgan fingerprint density at radius 3 is 2.46 bits per heavy atom. The van der Waals surface area contributed by atoms with Gasteiger partial charge in [-0.15, -0.1) is 0 Å². The first-order valence-corrected chi connectivity index (χ1v) is 14.4. The molecule has 2 aromatic rings. The van der Waals surface area contributed by atoms with Crippen molar-refractivity contribution in [2.75, 3.05) is 19.6 Å². The molecular weight excluding hydrogens is 512 g/mol. The highest BCUT2D eigenvalue weighted by Crippen LogP contribution is 2.37. The van der Waals surface area contributed by atoms with Crippen molar-refractivity contribution >= 4 is 29.3 Å². The minimum Gasteiger partial charge on any atom is -0.322 e. The number of hydrogen-bond acceptors (Lipinski definition) is 4. The highest BCUT2D eigenvalue weighted by atomic mass is 35.5. The Morgan fingerprint density at radius 2 is 1.74 bits per heavy atom. The number of rotatable bonds is 9. The maximum absolute atomic E-state index is 13.0. The Bertz CT molecular complexity index is 1280. The summed E-state index contributed by atoms with van der Waals surface area (Å²) in [6.45, 7) is 11.2. The van der Waals surface area contributed by atoms with E-state index < -0.39 is 11.6 Å². The molecule has 3 aliphatic heterocycles. The van der Waals surface area contributed by atoms with Crippen LogP contribution in [-0.2, 0) is 28.1 Å². The van der Waals surface area contributed by atoms with Crippen LogP contribution in [0.15, 0.2) is 42.5 Å². The van der Waals surface area contributed by atoms with E-state index in [1.807, 2.05) is 36.4 Å². The van der Waals surface area contributed by atoms with Crippen molar-refractivity contribution in [3.05, 3.63) is 81.2 Å². The monoisotopic (exact) mass is 546 g/mol. The summed E-state index contributed by atoms with van der Waals surface area (Å²) in [5.41, 5.74) is 3.56. The molecule has 8 heteroatoms. The van der Waals surface area contributed by atoms with Crippen molar-refractivity contribution < 1.29 is 14.4 Å². The second-order valence-electron chi connectivity index (χ2n) is 11.0. The van der Waals surface area contributed by atoms with Crippen LogP contribution >= 0.6 is 11.6 Å². The largest absolute Gasteiger partial charge is 0.322 e. The molecule has 1 unspecified atom stereocenters. The van der Waals surface area contributed by atoms with E-state index in [0.29, 0.717) is 23.6 Å². The summed E-state index contributed by atoms with van der Waals surface area (Å²) in [5.74, 6) is -0.746. The van der Waals surface area contributed by atoms with Gasteiger partial charge in [-0.2, -0.15) is 0 Å². The Kier molecular flexibility index (Phi) is 8.34. The Morgan fingerprint density at radius 1 is 1.00 bits per heavy atom. The highest BCUT2D eigenvalue weighted by Gasteiger charge is 2.42. The number of likely N-dealkylation sites (tertiary alicyclic amines) is 1. The molecule has 3 aliphatic rings. The van der Waals surface area contributed by atoms with Gasteiger partial charge in [-0.25, -0.2) is 6.57 Å². The van der Waals surface area contributed by atoms with Gasteiger partial charge in [-0.1, -0.05) is 36.6 Å². The number of fused-ring (bicyclic) bond motifs is 1. The lowest BCUT2D eigenvalue weighted by Crippen LogP contribution is -2.52. The summed E-state index contributed by atoms with van der Waals surface area (Å²) in [6.07, 6.45) is 7.74. The number of carbonyl (C=O) groups excluding carboxylic acids is 3. The van der Waals surface area contributed by atoms with Crippen molar-refractivity contribution in [1.29, 1.82) is 0 Å². The number of imide groups is 1. The summed E-state index contributed by atoms with van der Waals surface area (Å²) in [4.78, 5) is 45.1. The molecule has 39 heavy (non-hydrogen) atoms. The number of nitrogens with zero attached hydrogens (tertiary/aromatic N) is 3. The molecule has 3 heterocycles. The zero-order valence-electron chi connectivity index (χ0n) is 22.3. The quantitative estimate of drug-likeness (QED) is 0.269. The van der Waals surface area contributed by atoms with Gasteiger partial charge in [-0.3, -0.25) is 19.7 Å². The van der Waals surface area contributed by atoms with Crippen molar-refractivity contribution in [1.82, 2.24) is 15.1 Å². The maximum Gasteiger partial charge on any atom is 0.260 e. The van der Waals surface area contributed by atoms with Crippen molar-refractivity contribution in [3.63, 3.8) is 0 Å². The number of halogens is 1. The van der Waals surface area contributed by atoms with Gasteiger partial charge in [0, 0.05) is 55.0 Å². The molecule has 0 aliphatic carbocycles. The molecule has 2 saturated heterocycles. The Hall–Kier alpha value is -3.21. The first-order valence-electron chi connectivity index (χ1n) is 14.0. The fraction of sp³-hybridized carbons (Fsp3) is 0.484. The van der Waals surface area contributed by atoms with E-state index in [0.717, 1.165) is 75.7 Å². The number of carbonyl (C=O) groups is 3. The van der Waals surface area contributed by atoms with Crippen molar-refractivity contribution in [3.8, 4) is 0 Å². The first-order chi connectivity index (χ1) is 18.9. The zero-order valence-corrected chi connectivity index (χ0v) is 23.0. The van der Waals surface area contributed by atoms with Gasteiger partial charge >= 0.3 is 0 Å².